The molecule has 0 radical (unpaired) electrons. The van der Waals surface area contributed by atoms with Gasteiger partial charge in [0.2, 0.25) is 16.0 Å². The highest BCUT2D eigenvalue weighted by Gasteiger charge is 2.24. The second-order valence-corrected chi connectivity index (χ2v) is 12.0. The van der Waals surface area contributed by atoms with Crippen molar-refractivity contribution in [1.29, 1.82) is 0 Å². The van der Waals surface area contributed by atoms with Crippen LogP contribution in [0.3, 0.4) is 0 Å². The maximum Gasteiger partial charge on any atom is 0.241 e. The Kier molecular flexibility index (Phi) is 9.53. The van der Waals surface area contributed by atoms with Gasteiger partial charge in [-0.1, -0.05) is 24.3 Å². The lowest BCUT2D eigenvalue weighted by molar-refractivity contribution is 0.284. The normalized spacial score (nSPS) is 18.3. The molecule has 0 saturated heterocycles. The van der Waals surface area contributed by atoms with Gasteiger partial charge in [-0.25, -0.2) is 18.1 Å². The van der Waals surface area contributed by atoms with Crippen molar-refractivity contribution in [1.82, 2.24) is 14.7 Å². The second-order valence-electron chi connectivity index (χ2n) is 9.39. The average molecular weight is 576 g/mol. The van der Waals surface area contributed by atoms with Crippen LogP contribution < -0.4 is 21.1 Å². The van der Waals surface area contributed by atoms with Gasteiger partial charge in [0.1, 0.15) is 5.82 Å². The molecule has 4 rings (SSSR count). The van der Waals surface area contributed by atoms with Crippen LogP contribution in [0, 0.1) is 11.8 Å². The Balaban J connectivity index is 1.28. The first kappa shape index (κ1) is 26.8. The molecule has 1 aromatic heterocycles. The first-order chi connectivity index (χ1) is 17.5. The number of anilines is 2. The lowest BCUT2D eigenvalue weighted by Crippen LogP contribution is -2.32. The van der Waals surface area contributed by atoms with Gasteiger partial charge < -0.3 is 16.4 Å². The highest BCUT2D eigenvalue weighted by atomic mass is 79.9. The third-order valence-electron chi connectivity index (χ3n) is 6.73. The minimum atomic E-state index is -3.52. The first-order valence-corrected chi connectivity index (χ1v) is 14.9. The van der Waals surface area contributed by atoms with E-state index in [2.05, 4.69) is 31.3 Å². The Bertz CT molecular complexity index is 1250. The Morgan fingerprint density at radius 3 is 2.33 bits per heavy atom. The maximum atomic E-state index is 12.7. The lowest BCUT2D eigenvalue weighted by Gasteiger charge is -2.28. The standard InChI is InChI=1S/C26H35BrN6O2S/c27-22-8-2-4-10-24(22)36(34,35)31-18-20-13-11-19(12-14-20)17-30-26-32-23-9-3-1-7-21(23)25(33-26)29-16-6-5-15-28/h1-4,7-10,19-20,31H,5-6,11-18,28H2,(H2,29,30,32,33). The number of halogens is 1. The number of unbranched alkanes of at least 4 members (excludes halogenated alkanes) is 1. The summed E-state index contributed by atoms with van der Waals surface area (Å²) >= 11 is 3.33. The highest BCUT2D eigenvalue weighted by Crippen LogP contribution is 2.30. The smallest absolute Gasteiger partial charge is 0.241 e. The van der Waals surface area contributed by atoms with E-state index in [0.717, 1.165) is 68.3 Å². The van der Waals surface area contributed by atoms with Crippen LogP contribution in [0.25, 0.3) is 10.9 Å². The van der Waals surface area contributed by atoms with E-state index in [4.69, 9.17) is 15.7 Å². The van der Waals surface area contributed by atoms with Crippen molar-refractivity contribution in [3.63, 3.8) is 0 Å². The van der Waals surface area contributed by atoms with Gasteiger partial charge in [0.05, 0.1) is 10.4 Å². The minimum Gasteiger partial charge on any atom is -0.369 e. The summed E-state index contributed by atoms with van der Waals surface area (Å²) in [4.78, 5) is 9.74. The molecular weight excluding hydrogens is 540 g/mol. The number of nitrogens with zero attached hydrogens (tertiary/aromatic N) is 2. The van der Waals surface area contributed by atoms with E-state index in [0.29, 0.717) is 35.3 Å². The maximum absolute atomic E-state index is 12.7. The molecule has 1 saturated carbocycles. The molecule has 1 aliphatic carbocycles. The number of nitrogens with two attached hydrogens (primary N) is 1. The van der Waals surface area contributed by atoms with Gasteiger partial charge in [-0.15, -0.1) is 0 Å². The molecule has 8 nitrogen and oxygen atoms in total. The highest BCUT2D eigenvalue weighted by molar-refractivity contribution is 9.10. The molecule has 0 atom stereocenters. The predicted octanol–water partition coefficient (Wildman–Crippen LogP) is 4.74. The molecular formula is C26H35BrN6O2S. The van der Waals surface area contributed by atoms with Crippen LogP contribution in [0.2, 0.25) is 0 Å². The van der Waals surface area contributed by atoms with Gasteiger partial charge in [0, 0.05) is 29.5 Å². The van der Waals surface area contributed by atoms with Crippen LogP contribution in [-0.4, -0.2) is 44.6 Å². The molecule has 0 aliphatic heterocycles. The average Bonchev–Trinajstić information content (AvgIpc) is 2.89. The Labute approximate surface area is 222 Å². The van der Waals surface area contributed by atoms with E-state index in [1.165, 1.54) is 0 Å². The Morgan fingerprint density at radius 2 is 1.58 bits per heavy atom. The molecule has 1 fully saturated rings. The summed E-state index contributed by atoms with van der Waals surface area (Å²) in [7, 11) is -3.52. The summed E-state index contributed by atoms with van der Waals surface area (Å²) in [6.45, 7) is 2.79. The molecule has 1 aliphatic rings. The quantitative estimate of drug-likeness (QED) is 0.230. The zero-order chi connectivity index (χ0) is 25.4. The third-order valence-corrected chi connectivity index (χ3v) is 9.17. The van der Waals surface area contributed by atoms with E-state index in [1.54, 1.807) is 18.2 Å². The number of para-hydroxylation sites is 1. The SMILES string of the molecule is NCCCCNc1nc(NCC2CCC(CNS(=O)(=O)c3ccccc3Br)CC2)nc2ccccc12. The predicted molar refractivity (Wildman–Crippen MR) is 150 cm³/mol. The molecule has 0 bridgehead atoms. The number of aromatic nitrogens is 2. The van der Waals surface area contributed by atoms with Crippen molar-refractivity contribution < 1.29 is 8.42 Å². The van der Waals surface area contributed by atoms with Crippen LogP contribution in [0.4, 0.5) is 11.8 Å². The van der Waals surface area contributed by atoms with E-state index < -0.39 is 10.0 Å². The summed E-state index contributed by atoms with van der Waals surface area (Å²) < 4.78 is 28.7. The minimum absolute atomic E-state index is 0.284. The fourth-order valence-electron chi connectivity index (χ4n) is 4.61. The van der Waals surface area contributed by atoms with Crippen molar-refractivity contribution in [3.8, 4) is 0 Å². The van der Waals surface area contributed by atoms with Gasteiger partial charge in [-0.05, 0) is 97.1 Å². The number of nitrogens with one attached hydrogen (secondary N) is 3. The van der Waals surface area contributed by atoms with Crippen molar-refractivity contribution in [2.45, 2.75) is 43.4 Å². The Hall–Kier alpha value is -2.27. The van der Waals surface area contributed by atoms with E-state index in [-0.39, 0.29) is 4.90 Å². The summed E-state index contributed by atoms with van der Waals surface area (Å²) in [5, 5.41) is 7.91. The van der Waals surface area contributed by atoms with Crippen LogP contribution in [-0.2, 0) is 10.0 Å². The zero-order valence-electron chi connectivity index (χ0n) is 20.4. The van der Waals surface area contributed by atoms with Gasteiger partial charge in [-0.3, -0.25) is 0 Å². The topological polar surface area (TPSA) is 122 Å². The summed E-state index contributed by atoms with van der Waals surface area (Å²) in [5.74, 6) is 2.34. The number of sulfonamides is 1. The summed E-state index contributed by atoms with van der Waals surface area (Å²) in [6, 6.07) is 14.9. The molecule has 10 heteroatoms. The largest absolute Gasteiger partial charge is 0.369 e. The number of benzene rings is 2. The molecule has 0 spiro atoms. The van der Waals surface area contributed by atoms with Gasteiger partial charge >= 0.3 is 0 Å². The molecule has 0 amide bonds. The van der Waals surface area contributed by atoms with Crippen molar-refractivity contribution >= 4 is 48.6 Å². The molecule has 194 valence electrons. The molecule has 1 heterocycles. The van der Waals surface area contributed by atoms with Gasteiger partial charge in [0.25, 0.3) is 0 Å². The monoisotopic (exact) mass is 574 g/mol. The van der Waals surface area contributed by atoms with Crippen LogP contribution in [0.15, 0.2) is 57.9 Å². The van der Waals surface area contributed by atoms with Crippen LogP contribution in [0.1, 0.15) is 38.5 Å². The molecule has 36 heavy (non-hydrogen) atoms. The van der Waals surface area contributed by atoms with Crippen molar-refractivity contribution in [3.05, 3.63) is 53.0 Å². The number of fused-ring (bicyclic) bond motifs is 1. The first-order valence-electron chi connectivity index (χ1n) is 12.6. The Morgan fingerprint density at radius 1 is 0.889 bits per heavy atom. The molecule has 3 aromatic rings. The molecule has 2 aromatic carbocycles. The van der Waals surface area contributed by atoms with Crippen LogP contribution in [0.5, 0.6) is 0 Å². The fourth-order valence-corrected chi connectivity index (χ4v) is 6.73. The summed E-state index contributed by atoms with van der Waals surface area (Å²) in [6.07, 6.45) is 6.07. The van der Waals surface area contributed by atoms with Crippen molar-refractivity contribution in [2.75, 3.05) is 36.8 Å². The number of rotatable bonds is 12. The number of hydrogen-bond donors (Lipinski definition) is 4. The fraction of sp³-hybridized carbons (Fsp3) is 0.462. The van der Waals surface area contributed by atoms with Crippen LogP contribution >= 0.6 is 15.9 Å². The third kappa shape index (κ3) is 7.15. The lowest BCUT2D eigenvalue weighted by atomic mass is 9.82. The zero-order valence-corrected chi connectivity index (χ0v) is 22.8. The number of hydrogen-bond acceptors (Lipinski definition) is 7. The van der Waals surface area contributed by atoms with E-state index in [9.17, 15) is 8.42 Å². The summed E-state index contributed by atoms with van der Waals surface area (Å²) in [5.41, 5.74) is 6.53. The van der Waals surface area contributed by atoms with E-state index in [1.807, 2.05) is 30.3 Å². The molecule has 5 N–H and O–H groups in total. The molecule has 0 unspecified atom stereocenters. The van der Waals surface area contributed by atoms with Gasteiger partial charge in [-0.2, -0.15) is 4.98 Å². The van der Waals surface area contributed by atoms with E-state index >= 15 is 0 Å². The second kappa shape index (κ2) is 12.8. The van der Waals surface area contributed by atoms with Crippen molar-refractivity contribution in [2.24, 2.45) is 17.6 Å². The van der Waals surface area contributed by atoms with Gasteiger partial charge in [0.15, 0.2) is 0 Å².